The maximum absolute atomic E-state index is 5.57. The zero-order chi connectivity index (χ0) is 8.97. The molecule has 2 nitrogen and oxygen atoms in total. The van der Waals surface area contributed by atoms with E-state index in [1.54, 1.807) is 0 Å². The SMILES string of the molecule is CBC1CCC(OC(C)C)OC1. The predicted molar refractivity (Wildman–Crippen MR) is 52.0 cm³/mol. The van der Waals surface area contributed by atoms with Gasteiger partial charge in [0.05, 0.1) is 6.10 Å². The summed E-state index contributed by atoms with van der Waals surface area (Å²) in [7, 11) is 1.23. The molecule has 0 aromatic carbocycles. The van der Waals surface area contributed by atoms with Crippen LogP contribution in [-0.4, -0.2) is 26.3 Å². The second-order valence-corrected chi connectivity index (χ2v) is 3.80. The van der Waals surface area contributed by atoms with Crippen molar-refractivity contribution in [2.75, 3.05) is 6.61 Å². The van der Waals surface area contributed by atoms with Crippen LogP contribution in [0.25, 0.3) is 0 Å². The molecule has 0 bridgehead atoms. The van der Waals surface area contributed by atoms with Gasteiger partial charge in [0.1, 0.15) is 7.28 Å². The van der Waals surface area contributed by atoms with Crippen molar-refractivity contribution in [3.8, 4) is 0 Å². The summed E-state index contributed by atoms with van der Waals surface area (Å²) in [5.41, 5.74) is 0. The van der Waals surface area contributed by atoms with Crippen LogP contribution in [0.1, 0.15) is 26.7 Å². The maximum Gasteiger partial charge on any atom is 0.157 e. The standard InChI is InChI=1S/C9H19BO2/c1-7(2)12-9-5-4-8(10-3)6-11-9/h7-10H,4-6H2,1-3H3. The van der Waals surface area contributed by atoms with Gasteiger partial charge in [0.25, 0.3) is 0 Å². The molecular weight excluding hydrogens is 151 g/mol. The van der Waals surface area contributed by atoms with E-state index in [0.717, 1.165) is 18.8 Å². The van der Waals surface area contributed by atoms with Crippen LogP contribution in [0.5, 0.6) is 0 Å². The molecular formula is C9H19BO2. The normalized spacial score (nSPS) is 30.7. The van der Waals surface area contributed by atoms with Crippen LogP contribution in [0.4, 0.5) is 0 Å². The Kier molecular flexibility index (Phi) is 4.09. The molecule has 1 aliphatic rings. The van der Waals surface area contributed by atoms with Gasteiger partial charge in [0.15, 0.2) is 6.29 Å². The molecule has 2 atom stereocenters. The van der Waals surface area contributed by atoms with Crippen molar-refractivity contribution in [2.45, 2.75) is 51.7 Å². The lowest BCUT2D eigenvalue weighted by Crippen LogP contribution is -2.29. The van der Waals surface area contributed by atoms with E-state index in [1.165, 1.54) is 13.7 Å². The van der Waals surface area contributed by atoms with Crippen molar-refractivity contribution < 1.29 is 9.47 Å². The topological polar surface area (TPSA) is 18.5 Å². The smallest absolute Gasteiger partial charge is 0.157 e. The van der Waals surface area contributed by atoms with Crippen LogP contribution in [0.3, 0.4) is 0 Å². The van der Waals surface area contributed by atoms with E-state index in [-0.39, 0.29) is 12.4 Å². The minimum atomic E-state index is 0.0628. The minimum Gasteiger partial charge on any atom is -0.353 e. The molecule has 1 heterocycles. The second-order valence-electron chi connectivity index (χ2n) is 3.80. The van der Waals surface area contributed by atoms with Crippen LogP contribution in [0.15, 0.2) is 0 Å². The van der Waals surface area contributed by atoms with Gasteiger partial charge in [-0.1, -0.05) is 13.2 Å². The van der Waals surface area contributed by atoms with E-state index in [9.17, 15) is 0 Å². The quantitative estimate of drug-likeness (QED) is 0.601. The maximum atomic E-state index is 5.57. The Morgan fingerprint density at radius 2 is 2.17 bits per heavy atom. The molecule has 3 heteroatoms. The highest BCUT2D eigenvalue weighted by atomic mass is 16.7. The fraction of sp³-hybridized carbons (Fsp3) is 1.00. The summed E-state index contributed by atoms with van der Waals surface area (Å²) < 4.78 is 11.1. The molecule has 0 aromatic rings. The van der Waals surface area contributed by atoms with Crippen molar-refractivity contribution in [1.82, 2.24) is 0 Å². The number of ether oxygens (including phenoxy) is 2. The summed E-state index contributed by atoms with van der Waals surface area (Å²) in [5, 5.41) is 0. The molecule has 0 saturated carbocycles. The van der Waals surface area contributed by atoms with Gasteiger partial charge in [-0.3, -0.25) is 0 Å². The van der Waals surface area contributed by atoms with E-state index in [2.05, 4.69) is 20.7 Å². The van der Waals surface area contributed by atoms with E-state index < -0.39 is 0 Å². The molecule has 12 heavy (non-hydrogen) atoms. The first kappa shape index (κ1) is 10.1. The van der Waals surface area contributed by atoms with Gasteiger partial charge in [0.2, 0.25) is 0 Å². The molecule has 0 spiro atoms. The van der Waals surface area contributed by atoms with Gasteiger partial charge in [-0.25, -0.2) is 0 Å². The summed E-state index contributed by atoms with van der Waals surface area (Å²) in [6, 6.07) is 0. The fourth-order valence-electron chi connectivity index (χ4n) is 1.51. The Hall–Kier alpha value is -0.0151. The third kappa shape index (κ3) is 3.15. The lowest BCUT2D eigenvalue weighted by molar-refractivity contribution is -0.180. The molecule has 2 unspecified atom stereocenters. The van der Waals surface area contributed by atoms with Crippen LogP contribution >= 0.6 is 0 Å². The van der Waals surface area contributed by atoms with Crippen molar-refractivity contribution in [2.24, 2.45) is 0 Å². The first-order valence-electron chi connectivity index (χ1n) is 4.99. The fourth-order valence-corrected chi connectivity index (χ4v) is 1.51. The summed E-state index contributed by atoms with van der Waals surface area (Å²) in [5.74, 6) is 0.761. The van der Waals surface area contributed by atoms with Crippen LogP contribution in [-0.2, 0) is 9.47 Å². The number of hydrogen-bond acceptors (Lipinski definition) is 2. The van der Waals surface area contributed by atoms with Gasteiger partial charge in [0, 0.05) is 6.61 Å². The third-order valence-corrected chi connectivity index (χ3v) is 2.33. The summed E-state index contributed by atoms with van der Waals surface area (Å²) in [4.78, 5) is 0. The molecule has 0 aliphatic carbocycles. The highest BCUT2D eigenvalue weighted by molar-refractivity contribution is 6.35. The molecule has 0 aromatic heterocycles. The van der Waals surface area contributed by atoms with Gasteiger partial charge in [-0.15, -0.1) is 0 Å². The zero-order valence-electron chi connectivity index (χ0n) is 8.38. The summed E-state index contributed by atoms with van der Waals surface area (Å²) in [6.07, 6.45) is 2.67. The lowest BCUT2D eigenvalue weighted by Gasteiger charge is -2.29. The third-order valence-electron chi connectivity index (χ3n) is 2.33. The predicted octanol–water partition coefficient (Wildman–Crippen LogP) is 1.82. The molecule has 1 saturated heterocycles. The lowest BCUT2D eigenvalue weighted by atomic mass is 9.65. The van der Waals surface area contributed by atoms with Gasteiger partial charge < -0.3 is 9.47 Å². The first-order chi connectivity index (χ1) is 5.72. The average molecular weight is 170 g/mol. The molecule has 1 fully saturated rings. The molecule has 1 aliphatic heterocycles. The highest BCUT2D eigenvalue weighted by Crippen LogP contribution is 2.23. The number of hydrogen-bond donors (Lipinski definition) is 0. The van der Waals surface area contributed by atoms with Crippen molar-refractivity contribution in [1.29, 1.82) is 0 Å². The average Bonchev–Trinajstić information content (AvgIpc) is 2.05. The Morgan fingerprint density at radius 1 is 1.42 bits per heavy atom. The summed E-state index contributed by atoms with van der Waals surface area (Å²) in [6.45, 7) is 7.20. The minimum absolute atomic E-state index is 0.0628. The second kappa shape index (κ2) is 4.88. The molecule has 70 valence electrons. The molecule has 0 radical (unpaired) electrons. The molecule has 0 amide bonds. The van der Waals surface area contributed by atoms with Crippen molar-refractivity contribution in [3.05, 3.63) is 0 Å². The monoisotopic (exact) mass is 170 g/mol. The first-order valence-corrected chi connectivity index (χ1v) is 4.99. The zero-order valence-corrected chi connectivity index (χ0v) is 8.38. The Labute approximate surface area is 75.9 Å². The molecule has 0 N–H and O–H groups in total. The Bertz CT molecular complexity index is 120. The van der Waals surface area contributed by atoms with Crippen molar-refractivity contribution >= 4 is 7.28 Å². The van der Waals surface area contributed by atoms with Crippen LogP contribution < -0.4 is 0 Å². The van der Waals surface area contributed by atoms with Crippen LogP contribution in [0.2, 0.25) is 12.6 Å². The Morgan fingerprint density at radius 3 is 2.58 bits per heavy atom. The van der Waals surface area contributed by atoms with E-state index in [4.69, 9.17) is 9.47 Å². The Balaban J connectivity index is 2.17. The van der Waals surface area contributed by atoms with Crippen LogP contribution in [0, 0.1) is 0 Å². The molecule has 1 rings (SSSR count). The highest BCUT2D eigenvalue weighted by Gasteiger charge is 2.21. The van der Waals surface area contributed by atoms with Crippen molar-refractivity contribution in [3.63, 3.8) is 0 Å². The summed E-state index contributed by atoms with van der Waals surface area (Å²) >= 11 is 0. The largest absolute Gasteiger partial charge is 0.353 e. The van der Waals surface area contributed by atoms with E-state index >= 15 is 0 Å². The number of rotatable bonds is 3. The van der Waals surface area contributed by atoms with E-state index in [0.29, 0.717) is 0 Å². The van der Waals surface area contributed by atoms with Gasteiger partial charge in [-0.2, -0.15) is 0 Å². The van der Waals surface area contributed by atoms with Gasteiger partial charge in [-0.05, 0) is 26.1 Å². The van der Waals surface area contributed by atoms with E-state index in [1.807, 2.05) is 0 Å². The van der Waals surface area contributed by atoms with Gasteiger partial charge >= 0.3 is 0 Å².